The molecule has 2 aromatic carbocycles. The molecule has 0 spiro atoms. The highest BCUT2D eigenvalue weighted by molar-refractivity contribution is 7.07. The topological polar surface area (TPSA) is 69.9 Å². The van der Waals surface area contributed by atoms with E-state index in [0.29, 0.717) is 27.2 Å². The first-order valence-corrected chi connectivity index (χ1v) is 10.7. The van der Waals surface area contributed by atoms with Gasteiger partial charge in [0.1, 0.15) is 5.75 Å². The van der Waals surface area contributed by atoms with Crippen LogP contribution >= 0.6 is 11.3 Å². The first kappa shape index (κ1) is 20.8. The summed E-state index contributed by atoms with van der Waals surface area (Å²) in [6.07, 6.45) is 1.82. The molecule has 0 fully saturated rings. The molecule has 0 unspecified atom stereocenters. The van der Waals surface area contributed by atoms with Crippen molar-refractivity contribution in [2.24, 2.45) is 4.99 Å². The van der Waals surface area contributed by atoms with Gasteiger partial charge in [-0.05, 0) is 43.2 Å². The van der Waals surface area contributed by atoms with E-state index in [-0.39, 0.29) is 5.56 Å². The molecule has 1 aliphatic heterocycles. The van der Waals surface area contributed by atoms with Crippen LogP contribution in [0.2, 0.25) is 0 Å². The van der Waals surface area contributed by atoms with E-state index in [4.69, 9.17) is 9.47 Å². The number of esters is 1. The Morgan fingerprint density at radius 3 is 2.68 bits per heavy atom. The highest BCUT2D eigenvalue weighted by atomic mass is 32.1. The van der Waals surface area contributed by atoms with Crippen LogP contribution < -0.4 is 19.6 Å². The predicted octanol–water partition coefficient (Wildman–Crippen LogP) is 2.81. The summed E-state index contributed by atoms with van der Waals surface area (Å²) in [7, 11) is 1.33. The van der Waals surface area contributed by atoms with Crippen molar-refractivity contribution in [1.29, 1.82) is 0 Å². The van der Waals surface area contributed by atoms with Crippen LogP contribution in [-0.2, 0) is 9.53 Å². The summed E-state index contributed by atoms with van der Waals surface area (Å²) in [6, 6.07) is 16.4. The van der Waals surface area contributed by atoms with Crippen molar-refractivity contribution in [3.05, 3.63) is 96.7 Å². The van der Waals surface area contributed by atoms with Crippen molar-refractivity contribution < 1.29 is 14.3 Å². The van der Waals surface area contributed by atoms with E-state index in [9.17, 15) is 9.59 Å². The van der Waals surface area contributed by atoms with Gasteiger partial charge < -0.3 is 9.47 Å². The van der Waals surface area contributed by atoms with Gasteiger partial charge in [0.15, 0.2) is 4.80 Å². The number of benzene rings is 2. The number of allylic oxidation sites excluding steroid dienone is 1. The SMILES string of the molecule is CCOc1cccc(/C=c2\sc3n(c2=O)[C@@H](c2ccccc2)C(C(=O)OC)=C(C)N=3)c1. The fraction of sp³-hybridized carbons (Fsp3) is 0.208. The number of ether oxygens (including phenoxy) is 2. The smallest absolute Gasteiger partial charge is 0.338 e. The van der Waals surface area contributed by atoms with Crippen LogP contribution in [0.5, 0.6) is 5.75 Å². The van der Waals surface area contributed by atoms with Crippen LogP contribution in [-0.4, -0.2) is 24.3 Å². The molecule has 1 atom stereocenters. The number of rotatable bonds is 5. The molecule has 3 aromatic rings. The maximum absolute atomic E-state index is 13.5. The molecule has 0 aliphatic carbocycles. The molecule has 1 aliphatic rings. The summed E-state index contributed by atoms with van der Waals surface area (Å²) in [6.45, 7) is 4.26. The van der Waals surface area contributed by atoms with Gasteiger partial charge in [-0.15, -0.1) is 0 Å². The highest BCUT2D eigenvalue weighted by Crippen LogP contribution is 2.30. The molecule has 1 aromatic heterocycles. The molecule has 0 amide bonds. The molecule has 0 N–H and O–H groups in total. The van der Waals surface area contributed by atoms with E-state index in [1.54, 1.807) is 11.5 Å². The Morgan fingerprint density at radius 2 is 1.97 bits per heavy atom. The van der Waals surface area contributed by atoms with E-state index in [0.717, 1.165) is 16.9 Å². The van der Waals surface area contributed by atoms with E-state index in [1.807, 2.05) is 67.6 Å². The van der Waals surface area contributed by atoms with Crippen molar-refractivity contribution in [2.75, 3.05) is 13.7 Å². The van der Waals surface area contributed by atoms with Crippen molar-refractivity contribution in [1.82, 2.24) is 4.57 Å². The van der Waals surface area contributed by atoms with Crippen LogP contribution in [0.15, 0.2) is 75.7 Å². The van der Waals surface area contributed by atoms with Crippen LogP contribution in [0, 0.1) is 0 Å². The van der Waals surface area contributed by atoms with Gasteiger partial charge in [-0.2, -0.15) is 0 Å². The van der Waals surface area contributed by atoms with Gasteiger partial charge in [-0.1, -0.05) is 53.8 Å². The maximum Gasteiger partial charge on any atom is 0.338 e. The fourth-order valence-electron chi connectivity index (χ4n) is 3.66. The molecule has 6 nitrogen and oxygen atoms in total. The number of methoxy groups -OCH3 is 1. The average Bonchev–Trinajstić information content (AvgIpc) is 3.08. The standard InChI is InChI=1S/C24H22N2O4S/c1-4-30-18-12-8-9-16(13-18)14-19-22(27)26-21(17-10-6-5-7-11-17)20(23(28)29-3)15(2)25-24(26)31-19/h5-14,21H,4H2,1-3H3/b19-14-/t21-/m0/s1. The van der Waals surface area contributed by atoms with Gasteiger partial charge in [0, 0.05) is 0 Å². The molecule has 7 heteroatoms. The van der Waals surface area contributed by atoms with Gasteiger partial charge in [0.2, 0.25) is 0 Å². The second kappa shape index (κ2) is 8.73. The molecule has 0 saturated heterocycles. The lowest BCUT2D eigenvalue weighted by molar-refractivity contribution is -0.136. The number of carbonyl (C=O) groups excluding carboxylic acids is 1. The molecule has 4 rings (SSSR count). The van der Waals surface area contributed by atoms with E-state index >= 15 is 0 Å². The Balaban J connectivity index is 1.92. The lowest BCUT2D eigenvalue weighted by Gasteiger charge is -2.24. The highest BCUT2D eigenvalue weighted by Gasteiger charge is 2.32. The number of fused-ring (bicyclic) bond motifs is 1. The van der Waals surface area contributed by atoms with E-state index in [1.165, 1.54) is 18.4 Å². The maximum atomic E-state index is 13.5. The minimum atomic E-state index is -0.596. The van der Waals surface area contributed by atoms with Crippen molar-refractivity contribution in [2.45, 2.75) is 19.9 Å². The molecule has 31 heavy (non-hydrogen) atoms. The molecule has 158 valence electrons. The summed E-state index contributed by atoms with van der Waals surface area (Å²) in [4.78, 5) is 31.2. The monoisotopic (exact) mass is 434 g/mol. The first-order chi connectivity index (χ1) is 15.0. The summed E-state index contributed by atoms with van der Waals surface area (Å²) in [5.41, 5.74) is 2.39. The normalized spacial score (nSPS) is 16.0. The van der Waals surface area contributed by atoms with Gasteiger partial charge >= 0.3 is 5.97 Å². The second-order valence-electron chi connectivity index (χ2n) is 6.99. The quantitative estimate of drug-likeness (QED) is 0.579. The van der Waals surface area contributed by atoms with Gasteiger partial charge in [-0.25, -0.2) is 9.79 Å². The summed E-state index contributed by atoms with van der Waals surface area (Å²) >= 11 is 1.30. The Kier molecular flexibility index (Phi) is 5.86. The molecular formula is C24H22N2O4S. The number of aromatic nitrogens is 1. The van der Waals surface area contributed by atoms with Gasteiger partial charge in [-0.3, -0.25) is 9.36 Å². The van der Waals surface area contributed by atoms with Crippen molar-refractivity contribution in [3.8, 4) is 5.75 Å². The number of hydrogen-bond acceptors (Lipinski definition) is 6. The zero-order chi connectivity index (χ0) is 22.0. The third-order valence-corrected chi connectivity index (χ3v) is 5.99. The third kappa shape index (κ3) is 3.96. The molecule has 2 heterocycles. The molecule has 0 bridgehead atoms. The molecule has 0 saturated carbocycles. The van der Waals surface area contributed by atoms with Gasteiger partial charge in [0.25, 0.3) is 5.56 Å². The number of hydrogen-bond donors (Lipinski definition) is 0. The number of carbonyl (C=O) groups is 1. The Hall–Kier alpha value is -3.45. The van der Waals surface area contributed by atoms with Crippen LogP contribution in [0.1, 0.15) is 31.0 Å². The molecule has 0 radical (unpaired) electrons. The first-order valence-electron chi connectivity index (χ1n) is 9.92. The van der Waals surface area contributed by atoms with Crippen molar-refractivity contribution in [3.63, 3.8) is 0 Å². The molecular weight excluding hydrogens is 412 g/mol. The summed E-state index contributed by atoms with van der Waals surface area (Å²) < 4.78 is 12.7. The van der Waals surface area contributed by atoms with E-state index in [2.05, 4.69) is 4.99 Å². The Bertz CT molecular complexity index is 1340. The lowest BCUT2D eigenvalue weighted by Crippen LogP contribution is -2.39. The Morgan fingerprint density at radius 1 is 1.19 bits per heavy atom. The van der Waals surface area contributed by atoms with Crippen LogP contribution in [0.25, 0.3) is 6.08 Å². The van der Waals surface area contributed by atoms with Crippen LogP contribution in [0.3, 0.4) is 0 Å². The summed E-state index contributed by atoms with van der Waals surface area (Å²) in [5.74, 6) is 0.254. The number of thiazole rings is 1. The zero-order valence-electron chi connectivity index (χ0n) is 17.5. The zero-order valence-corrected chi connectivity index (χ0v) is 18.3. The minimum absolute atomic E-state index is 0.201. The van der Waals surface area contributed by atoms with Crippen LogP contribution in [0.4, 0.5) is 0 Å². The Labute approximate surface area is 183 Å². The minimum Gasteiger partial charge on any atom is -0.494 e. The fourth-order valence-corrected chi connectivity index (χ4v) is 4.70. The third-order valence-electron chi connectivity index (χ3n) is 5.01. The largest absolute Gasteiger partial charge is 0.494 e. The van der Waals surface area contributed by atoms with Crippen molar-refractivity contribution >= 4 is 23.4 Å². The number of nitrogens with zero attached hydrogens (tertiary/aromatic N) is 2. The summed E-state index contributed by atoms with van der Waals surface area (Å²) in [5, 5.41) is 0. The van der Waals surface area contributed by atoms with Gasteiger partial charge in [0.05, 0.1) is 35.6 Å². The predicted molar refractivity (Wildman–Crippen MR) is 120 cm³/mol. The lowest BCUT2D eigenvalue weighted by atomic mass is 9.96. The average molecular weight is 435 g/mol. The second-order valence-corrected chi connectivity index (χ2v) is 8.00. The van der Waals surface area contributed by atoms with E-state index < -0.39 is 12.0 Å².